The van der Waals surface area contributed by atoms with Crippen molar-refractivity contribution in [2.75, 3.05) is 34.5 Å². The number of nitrogens with two attached hydrogens (primary N) is 1. The first-order valence-electron chi connectivity index (χ1n) is 5.95. The van der Waals surface area contributed by atoms with E-state index in [1.807, 2.05) is 18.2 Å². The minimum Gasteiger partial charge on any atom is -0.493 e. The molecule has 3 N–H and O–H groups in total. The van der Waals surface area contributed by atoms with E-state index in [9.17, 15) is 0 Å². The molecule has 0 radical (unpaired) electrons. The van der Waals surface area contributed by atoms with Crippen LogP contribution in [-0.2, 0) is 11.2 Å². The zero-order valence-corrected chi connectivity index (χ0v) is 11.6. The van der Waals surface area contributed by atoms with Gasteiger partial charge in [0.2, 0.25) is 0 Å². The van der Waals surface area contributed by atoms with E-state index in [1.165, 1.54) is 0 Å². The average Bonchev–Trinajstić information content (AvgIpc) is 2.46. The third kappa shape index (κ3) is 4.76. The van der Waals surface area contributed by atoms with Crippen molar-refractivity contribution in [2.45, 2.75) is 6.42 Å². The molecule has 0 aliphatic rings. The van der Waals surface area contributed by atoms with E-state index in [1.54, 1.807) is 21.3 Å². The molecule has 0 spiro atoms. The number of methoxy groups -OCH3 is 3. The fourth-order valence-electron chi connectivity index (χ4n) is 1.61. The third-order valence-corrected chi connectivity index (χ3v) is 2.58. The van der Waals surface area contributed by atoms with Gasteiger partial charge in [-0.25, -0.2) is 5.84 Å². The van der Waals surface area contributed by atoms with Gasteiger partial charge in [0, 0.05) is 13.5 Å². The molecule has 19 heavy (non-hydrogen) atoms. The maximum Gasteiger partial charge on any atom is 0.161 e. The van der Waals surface area contributed by atoms with Crippen molar-refractivity contribution in [1.82, 2.24) is 5.43 Å². The van der Waals surface area contributed by atoms with Crippen LogP contribution in [0.3, 0.4) is 0 Å². The number of benzene rings is 1. The Labute approximate surface area is 113 Å². The Kier molecular flexibility index (Phi) is 6.70. The molecule has 0 saturated carbocycles. The summed E-state index contributed by atoms with van der Waals surface area (Å²) in [7, 11) is 4.85. The summed E-state index contributed by atoms with van der Waals surface area (Å²) in [5, 5.41) is 0. The number of nitrogens with one attached hydrogen (secondary N) is 1. The Morgan fingerprint density at radius 3 is 2.53 bits per heavy atom. The second-order valence-corrected chi connectivity index (χ2v) is 3.83. The van der Waals surface area contributed by atoms with Gasteiger partial charge in [-0.2, -0.15) is 0 Å². The standard InChI is InChI=1S/C13H21N3O3/c1-17-7-6-15-13(16-14)9-10-4-5-11(18-2)12(8-10)19-3/h4-5,8H,6-7,9,14H2,1-3H3,(H,15,16). The van der Waals surface area contributed by atoms with Crippen LogP contribution in [0.15, 0.2) is 23.2 Å². The number of hydrazine groups is 1. The summed E-state index contributed by atoms with van der Waals surface area (Å²) in [5.74, 6) is 7.54. The van der Waals surface area contributed by atoms with Crippen molar-refractivity contribution in [3.63, 3.8) is 0 Å². The molecule has 0 unspecified atom stereocenters. The van der Waals surface area contributed by atoms with Gasteiger partial charge in [0.1, 0.15) is 5.84 Å². The molecule has 0 fully saturated rings. The lowest BCUT2D eigenvalue weighted by Gasteiger charge is -2.10. The lowest BCUT2D eigenvalue weighted by Crippen LogP contribution is -2.32. The second-order valence-electron chi connectivity index (χ2n) is 3.83. The number of rotatable bonds is 7. The van der Waals surface area contributed by atoms with Crippen molar-refractivity contribution >= 4 is 5.84 Å². The second kappa shape index (κ2) is 8.34. The fourth-order valence-corrected chi connectivity index (χ4v) is 1.61. The van der Waals surface area contributed by atoms with Gasteiger partial charge >= 0.3 is 0 Å². The molecule has 1 rings (SSSR count). The van der Waals surface area contributed by atoms with Gasteiger partial charge in [-0.1, -0.05) is 6.07 Å². The maximum absolute atomic E-state index is 5.45. The van der Waals surface area contributed by atoms with Gasteiger partial charge in [-0.05, 0) is 17.7 Å². The molecule has 0 aliphatic carbocycles. The van der Waals surface area contributed by atoms with Gasteiger partial charge in [0.15, 0.2) is 11.5 Å². The lowest BCUT2D eigenvalue weighted by molar-refractivity contribution is 0.208. The van der Waals surface area contributed by atoms with Crippen LogP contribution in [0.25, 0.3) is 0 Å². The first kappa shape index (κ1) is 15.3. The molecule has 0 bridgehead atoms. The van der Waals surface area contributed by atoms with Crippen LogP contribution in [0.5, 0.6) is 11.5 Å². The largest absolute Gasteiger partial charge is 0.493 e. The summed E-state index contributed by atoms with van der Waals surface area (Å²) in [5.41, 5.74) is 3.63. The van der Waals surface area contributed by atoms with Crippen molar-refractivity contribution in [1.29, 1.82) is 0 Å². The number of ether oxygens (including phenoxy) is 3. The van der Waals surface area contributed by atoms with Crippen molar-refractivity contribution in [3.05, 3.63) is 23.8 Å². The Hall–Kier alpha value is -1.79. The number of nitrogens with zero attached hydrogens (tertiary/aromatic N) is 1. The molecule has 1 aromatic rings. The summed E-state index contributed by atoms with van der Waals surface area (Å²) in [6.45, 7) is 1.14. The average molecular weight is 267 g/mol. The normalized spacial score (nSPS) is 11.3. The molecule has 106 valence electrons. The topological polar surface area (TPSA) is 78.1 Å². The highest BCUT2D eigenvalue weighted by Crippen LogP contribution is 2.27. The van der Waals surface area contributed by atoms with Crippen molar-refractivity contribution in [2.24, 2.45) is 10.8 Å². The van der Waals surface area contributed by atoms with Gasteiger partial charge in [-0.15, -0.1) is 0 Å². The van der Waals surface area contributed by atoms with E-state index in [0.717, 1.165) is 5.56 Å². The number of amidine groups is 1. The zero-order chi connectivity index (χ0) is 14.1. The molecular weight excluding hydrogens is 246 g/mol. The minimum atomic E-state index is 0.567. The van der Waals surface area contributed by atoms with Crippen LogP contribution >= 0.6 is 0 Å². The summed E-state index contributed by atoms with van der Waals surface area (Å²) in [6.07, 6.45) is 0.598. The molecule has 0 amide bonds. The van der Waals surface area contributed by atoms with Gasteiger partial charge in [-0.3, -0.25) is 4.99 Å². The first-order valence-corrected chi connectivity index (χ1v) is 5.95. The first-order chi connectivity index (χ1) is 9.24. The number of hydrogen-bond acceptors (Lipinski definition) is 5. The third-order valence-electron chi connectivity index (χ3n) is 2.58. The van der Waals surface area contributed by atoms with E-state index in [4.69, 9.17) is 20.1 Å². The zero-order valence-electron chi connectivity index (χ0n) is 11.6. The summed E-state index contributed by atoms with van der Waals surface area (Å²) in [6, 6.07) is 5.71. The van der Waals surface area contributed by atoms with Crippen LogP contribution in [0.2, 0.25) is 0 Å². The van der Waals surface area contributed by atoms with Crippen LogP contribution in [0.4, 0.5) is 0 Å². The van der Waals surface area contributed by atoms with E-state index in [0.29, 0.717) is 36.9 Å². The monoisotopic (exact) mass is 267 g/mol. The Morgan fingerprint density at radius 1 is 1.21 bits per heavy atom. The quantitative estimate of drug-likeness (QED) is 0.251. The smallest absolute Gasteiger partial charge is 0.161 e. The lowest BCUT2D eigenvalue weighted by atomic mass is 10.1. The highest BCUT2D eigenvalue weighted by atomic mass is 16.5. The van der Waals surface area contributed by atoms with Crippen LogP contribution in [-0.4, -0.2) is 40.3 Å². The molecule has 6 nitrogen and oxygen atoms in total. The van der Waals surface area contributed by atoms with Gasteiger partial charge < -0.3 is 19.6 Å². The van der Waals surface area contributed by atoms with Gasteiger partial charge in [0.05, 0.1) is 27.4 Å². The Bertz CT molecular complexity index is 422. The molecule has 6 heteroatoms. The fraction of sp³-hybridized carbons (Fsp3) is 0.462. The van der Waals surface area contributed by atoms with Crippen LogP contribution < -0.4 is 20.7 Å². The summed E-state index contributed by atoms with van der Waals surface area (Å²) >= 11 is 0. The van der Waals surface area contributed by atoms with E-state index in [2.05, 4.69) is 10.4 Å². The minimum absolute atomic E-state index is 0.567. The van der Waals surface area contributed by atoms with Gasteiger partial charge in [0.25, 0.3) is 0 Å². The van der Waals surface area contributed by atoms with Crippen molar-refractivity contribution < 1.29 is 14.2 Å². The van der Waals surface area contributed by atoms with Crippen molar-refractivity contribution in [3.8, 4) is 11.5 Å². The van der Waals surface area contributed by atoms with E-state index in [-0.39, 0.29) is 0 Å². The maximum atomic E-state index is 5.45. The predicted octanol–water partition coefficient (Wildman–Crippen LogP) is 0.754. The molecular formula is C13H21N3O3. The molecule has 0 aromatic heterocycles. The van der Waals surface area contributed by atoms with Crippen LogP contribution in [0.1, 0.15) is 5.56 Å². The number of aliphatic imine (C=N–C) groups is 1. The predicted molar refractivity (Wildman–Crippen MR) is 74.8 cm³/mol. The van der Waals surface area contributed by atoms with E-state index < -0.39 is 0 Å². The molecule has 0 atom stereocenters. The number of hydrogen-bond donors (Lipinski definition) is 2. The highest BCUT2D eigenvalue weighted by molar-refractivity contribution is 5.84. The Balaban J connectivity index is 2.77. The Morgan fingerprint density at radius 2 is 1.95 bits per heavy atom. The summed E-state index contributed by atoms with van der Waals surface area (Å²) < 4.78 is 15.4. The molecule has 0 saturated heterocycles. The van der Waals surface area contributed by atoms with E-state index >= 15 is 0 Å². The summed E-state index contributed by atoms with van der Waals surface area (Å²) in [4.78, 5) is 4.31. The molecule has 1 aromatic carbocycles. The molecule has 0 aliphatic heterocycles. The molecule has 0 heterocycles. The highest BCUT2D eigenvalue weighted by Gasteiger charge is 2.06. The van der Waals surface area contributed by atoms with Crippen LogP contribution in [0, 0.1) is 0 Å². The SMILES string of the molecule is COCCN=C(Cc1ccc(OC)c(OC)c1)NN.